The van der Waals surface area contributed by atoms with Crippen molar-refractivity contribution in [3.63, 3.8) is 0 Å². The van der Waals surface area contributed by atoms with E-state index < -0.39 is 0 Å². The van der Waals surface area contributed by atoms with Crippen LogP contribution in [0.25, 0.3) is 11.1 Å². The quantitative estimate of drug-likeness (QED) is 0.419. The Bertz CT molecular complexity index is 386. The fourth-order valence-electron chi connectivity index (χ4n) is 1.31. The largest absolute Gasteiger partial charge is 0.352 e. The van der Waals surface area contributed by atoms with Gasteiger partial charge in [-0.25, -0.2) is 0 Å². The summed E-state index contributed by atoms with van der Waals surface area (Å²) in [6.07, 6.45) is 2.72. The zero-order chi connectivity index (χ0) is 11.1. The van der Waals surface area contributed by atoms with E-state index in [0.29, 0.717) is 0 Å². The molecule has 88 valence electrons. The summed E-state index contributed by atoms with van der Waals surface area (Å²) in [5, 5.41) is 1.22. The molecule has 0 aliphatic rings. The maximum absolute atomic E-state index is 4.39. The van der Waals surface area contributed by atoms with Crippen molar-refractivity contribution in [3.8, 4) is 11.1 Å². The molecule has 2 rings (SSSR count). The summed E-state index contributed by atoms with van der Waals surface area (Å²) in [7, 11) is 2.69. The predicted molar refractivity (Wildman–Crippen MR) is 72.4 cm³/mol. The molecule has 0 nitrogen and oxygen atoms in total. The maximum Gasteiger partial charge on any atom is 0 e. The van der Waals surface area contributed by atoms with Crippen LogP contribution in [0.1, 0.15) is 0 Å². The predicted octanol–water partition coefficient (Wildman–Crippen LogP) is 3.87. The van der Waals surface area contributed by atoms with Gasteiger partial charge in [0.15, 0.2) is 0 Å². The first-order valence-corrected chi connectivity index (χ1v) is 5.65. The van der Waals surface area contributed by atoms with E-state index in [1.165, 1.54) is 16.4 Å². The molecule has 0 bridgehead atoms. The van der Waals surface area contributed by atoms with Gasteiger partial charge in [0.2, 0.25) is 0 Å². The Morgan fingerprint density at radius 1 is 0.750 bits per heavy atom. The van der Waals surface area contributed by atoms with E-state index >= 15 is 0 Å². The van der Waals surface area contributed by atoms with Gasteiger partial charge in [-0.2, -0.15) is 0 Å². The number of halogens is 1. The molecule has 0 saturated carbocycles. The van der Waals surface area contributed by atoms with E-state index in [-0.39, 0.29) is 20.4 Å². The van der Waals surface area contributed by atoms with Gasteiger partial charge in [0.25, 0.3) is 0 Å². The fourth-order valence-corrected chi connectivity index (χ4v) is 1.50. The molecule has 2 aromatic carbocycles. The molecule has 0 saturated heterocycles. The average Bonchev–Trinajstić information content (AvgIpc) is 2.34. The van der Waals surface area contributed by atoms with Crippen LogP contribution in [-0.4, -0.2) is 0 Å². The zero-order valence-corrected chi connectivity index (χ0v) is 12.1. The van der Waals surface area contributed by atoms with Crippen molar-refractivity contribution in [2.24, 2.45) is 0 Å². The molecule has 3 heteroatoms. The summed E-state index contributed by atoms with van der Waals surface area (Å²) in [5.41, 5.74) is 2.54. The van der Waals surface area contributed by atoms with Gasteiger partial charge >= 0.3 is 0 Å². The summed E-state index contributed by atoms with van der Waals surface area (Å²) in [6.45, 7) is 0. The van der Waals surface area contributed by atoms with Crippen LogP contribution < -0.4 is 5.30 Å². The number of rotatable bonds is 1. The van der Waals surface area contributed by atoms with E-state index in [0.717, 1.165) is 0 Å². The normalized spacial score (nSPS) is 8.44. The van der Waals surface area contributed by atoms with Crippen molar-refractivity contribution in [1.29, 1.82) is 0 Å². The summed E-state index contributed by atoms with van der Waals surface area (Å²) < 4.78 is 0. The van der Waals surface area contributed by atoms with Crippen LogP contribution in [0.4, 0.5) is 0 Å². The molecule has 0 fully saturated rings. The van der Waals surface area contributed by atoms with Crippen molar-refractivity contribution in [2.75, 3.05) is 0 Å². The number of hydrogen-bond donors (Lipinski definition) is 0. The minimum atomic E-state index is 0. The first-order chi connectivity index (χ1) is 7.36. The van der Waals surface area contributed by atoms with Crippen molar-refractivity contribution < 1.29 is 20.4 Å². The third-order valence-corrected chi connectivity index (χ3v) is 2.40. The van der Waals surface area contributed by atoms with E-state index in [1.807, 2.05) is 6.07 Å². The Labute approximate surface area is 118 Å². The van der Waals surface area contributed by atoms with Crippen LogP contribution >= 0.6 is 20.8 Å². The summed E-state index contributed by atoms with van der Waals surface area (Å²) in [4.78, 5) is 0. The molecule has 0 aromatic heterocycles. The first-order valence-electron chi connectivity index (χ1n) is 4.54. The number of hydrogen-bond acceptors (Lipinski definition) is 0. The molecule has 16 heavy (non-hydrogen) atoms. The van der Waals surface area contributed by atoms with Crippen LogP contribution in [0.3, 0.4) is 0 Å². The molecule has 0 N–H and O–H groups in total. The first kappa shape index (κ1) is 15.8. The Balaban J connectivity index is 0.000000711. The van der Waals surface area contributed by atoms with E-state index in [9.17, 15) is 0 Å². The Morgan fingerprint density at radius 2 is 1.19 bits per heavy atom. The number of benzene rings is 2. The second-order valence-electron chi connectivity index (χ2n) is 2.99. The minimum absolute atomic E-state index is 0. The monoisotopic (exact) mass is 341 g/mol. The van der Waals surface area contributed by atoms with Gasteiger partial charge in [0.05, 0.1) is 0 Å². The van der Waals surface area contributed by atoms with Crippen LogP contribution in [0, 0.1) is 6.38 Å². The van der Waals surface area contributed by atoms with E-state index in [1.54, 1.807) is 0 Å². The Hall–Kier alpha value is -0.178. The summed E-state index contributed by atoms with van der Waals surface area (Å²) >= 11 is 4.39. The van der Waals surface area contributed by atoms with Crippen LogP contribution in [0.15, 0.2) is 54.6 Å². The molecule has 0 heterocycles. The third kappa shape index (κ3) is 4.77. The summed E-state index contributed by atoms with van der Waals surface area (Å²) in [5.74, 6) is 0. The SMILES string of the molecule is Pc1ccc(-c2ccccc2)cc1.[CH2-]Cl.[Pd]. The molecular formula is C13H13ClPPd-. The smallest absolute Gasteiger partial charge is 0 e. The minimum Gasteiger partial charge on any atom is -0.352 e. The molecule has 0 radical (unpaired) electrons. The zero-order valence-electron chi connectivity index (χ0n) is 8.67. The van der Waals surface area contributed by atoms with Crippen molar-refractivity contribution >= 4 is 26.1 Å². The van der Waals surface area contributed by atoms with Crippen molar-refractivity contribution in [1.82, 2.24) is 0 Å². The van der Waals surface area contributed by atoms with Gasteiger partial charge in [-0.05, 0) is 16.4 Å². The Kier molecular flexibility index (Phi) is 8.82. The van der Waals surface area contributed by atoms with Gasteiger partial charge in [-0.1, -0.05) is 54.6 Å². The molecule has 1 unspecified atom stereocenters. The molecule has 0 aliphatic carbocycles. The Morgan fingerprint density at radius 3 is 1.69 bits per heavy atom. The molecule has 2 aromatic rings. The topological polar surface area (TPSA) is 0 Å². The third-order valence-electron chi connectivity index (χ3n) is 2.02. The van der Waals surface area contributed by atoms with E-state index in [2.05, 4.69) is 75.8 Å². The molecule has 1 atom stereocenters. The van der Waals surface area contributed by atoms with Gasteiger partial charge in [-0.3, -0.25) is 6.38 Å². The van der Waals surface area contributed by atoms with Crippen molar-refractivity contribution in [3.05, 3.63) is 61.0 Å². The maximum atomic E-state index is 4.39. The van der Waals surface area contributed by atoms with E-state index in [4.69, 9.17) is 0 Å². The van der Waals surface area contributed by atoms with Gasteiger partial charge in [0.1, 0.15) is 0 Å². The molecule has 0 aliphatic heterocycles. The average molecular weight is 342 g/mol. The molecular weight excluding hydrogens is 329 g/mol. The van der Waals surface area contributed by atoms with Crippen molar-refractivity contribution in [2.45, 2.75) is 0 Å². The van der Waals surface area contributed by atoms with Gasteiger partial charge in [-0.15, -0.1) is 9.24 Å². The fraction of sp³-hybridized carbons (Fsp3) is 0. The second-order valence-corrected chi connectivity index (χ2v) is 3.65. The molecule has 0 amide bonds. The second kappa shape index (κ2) is 8.92. The van der Waals surface area contributed by atoms with Gasteiger partial charge < -0.3 is 11.6 Å². The van der Waals surface area contributed by atoms with Crippen LogP contribution in [0.2, 0.25) is 0 Å². The summed E-state index contributed by atoms with van der Waals surface area (Å²) in [6, 6.07) is 18.9. The van der Waals surface area contributed by atoms with Crippen LogP contribution in [0.5, 0.6) is 0 Å². The standard InChI is InChI=1S/C12H11P.CH2Cl.Pd/c13-12-8-6-11(7-9-12)10-4-2-1-3-5-10;1-2;/h1-9H,13H2;1H2;/q;-1;. The van der Waals surface area contributed by atoms with Crippen LogP contribution in [-0.2, 0) is 20.4 Å². The molecule has 0 spiro atoms. The van der Waals surface area contributed by atoms with Gasteiger partial charge in [0, 0.05) is 20.4 Å².